The number of benzene rings is 2. The first-order valence-corrected chi connectivity index (χ1v) is 5.95. The Hall–Kier alpha value is -1.48. The molecule has 1 nitrogen and oxygen atoms in total. The lowest BCUT2D eigenvalue weighted by atomic mass is 9.99. The second kappa shape index (κ2) is 4.80. The molecule has 0 fully saturated rings. The predicted molar refractivity (Wildman–Crippen MR) is 68.7 cm³/mol. The summed E-state index contributed by atoms with van der Waals surface area (Å²) in [6, 6.07) is 11.7. The summed E-state index contributed by atoms with van der Waals surface area (Å²) in [7, 11) is 0. The summed E-state index contributed by atoms with van der Waals surface area (Å²) in [4.78, 5) is 12.2. The zero-order valence-electron chi connectivity index (χ0n) is 9.21. The van der Waals surface area contributed by atoms with Crippen LogP contribution in [0.25, 0.3) is 0 Å². The molecule has 3 heteroatoms. The van der Waals surface area contributed by atoms with Crippen molar-refractivity contribution in [3.8, 4) is 0 Å². The molecule has 0 saturated carbocycles. The summed E-state index contributed by atoms with van der Waals surface area (Å²) in [6.45, 7) is 1.86. The molecule has 2 aromatic rings. The fraction of sp³-hybridized carbons (Fsp3) is 0.0714. The quantitative estimate of drug-likeness (QED) is 0.761. The summed E-state index contributed by atoms with van der Waals surface area (Å²) >= 11 is 3.11. The molecule has 0 amide bonds. The highest BCUT2D eigenvalue weighted by Gasteiger charge is 2.16. The molecule has 0 heterocycles. The van der Waals surface area contributed by atoms with Crippen LogP contribution in [0, 0.1) is 12.7 Å². The van der Waals surface area contributed by atoms with Gasteiger partial charge in [-0.1, -0.05) is 30.3 Å². The highest BCUT2D eigenvalue weighted by molar-refractivity contribution is 9.10. The Morgan fingerprint density at radius 3 is 2.41 bits per heavy atom. The van der Waals surface area contributed by atoms with E-state index in [4.69, 9.17) is 0 Å². The summed E-state index contributed by atoms with van der Waals surface area (Å²) in [5.41, 5.74) is 1.83. The number of hydrogen-bond acceptors (Lipinski definition) is 1. The average Bonchev–Trinajstić information content (AvgIpc) is 2.32. The largest absolute Gasteiger partial charge is 0.289 e. The smallest absolute Gasteiger partial charge is 0.194 e. The molecule has 0 bridgehead atoms. The van der Waals surface area contributed by atoms with Gasteiger partial charge >= 0.3 is 0 Å². The minimum Gasteiger partial charge on any atom is -0.289 e. The highest BCUT2D eigenvalue weighted by Crippen LogP contribution is 2.24. The lowest BCUT2D eigenvalue weighted by Gasteiger charge is -2.06. The van der Waals surface area contributed by atoms with Crippen molar-refractivity contribution in [3.05, 3.63) is 69.4 Å². The Bertz CT molecular complexity index is 578. The van der Waals surface area contributed by atoms with Crippen LogP contribution in [-0.2, 0) is 0 Å². The number of carbonyl (C=O) groups is 1. The van der Waals surface area contributed by atoms with Crippen molar-refractivity contribution in [2.24, 2.45) is 0 Å². The van der Waals surface area contributed by atoms with Crippen molar-refractivity contribution in [2.45, 2.75) is 6.92 Å². The topological polar surface area (TPSA) is 17.1 Å². The Balaban J connectivity index is 2.52. The molecule has 0 aliphatic heterocycles. The van der Waals surface area contributed by atoms with Gasteiger partial charge in [0.15, 0.2) is 5.78 Å². The van der Waals surface area contributed by atoms with Crippen molar-refractivity contribution in [2.75, 3.05) is 0 Å². The molecule has 0 saturated heterocycles. The van der Waals surface area contributed by atoms with Crippen LogP contribution < -0.4 is 0 Å². The fourth-order valence-electron chi connectivity index (χ4n) is 1.65. The summed E-state index contributed by atoms with van der Waals surface area (Å²) < 4.78 is 13.6. The molecular formula is C14H10BrFO. The summed E-state index contributed by atoms with van der Waals surface area (Å²) in [5, 5.41) is 0. The molecule has 0 aromatic heterocycles. The molecule has 0 radical (unpaired) electrons. The minimum atomic E-state index is -0.426. The lowest BCUT2D eigenvalue weighted by molar-refractivity contribution is 0.103. The molecule has 0 N–H and O–H groups in total. The number of halogens is 2. The van der Waals surface area contributed by atoms with Gasteiger partial charge in [0.1, 0.15) is 5.82 Å². The van der Waals surface area contributed by atoms with E-state index in [9.17, 15) is 9.18 Å². The van der Waals surface area contributed by atoms with Gasteiger partial charge < -0.3 is 0 Å². The monoisotopic (exact) mass is 292 g/mol. The predicted octanol–water partition coefficient (Wildman–Crippen LogP) is 4.13. The zero-order valence-corrected chi connectivity index (χ0v) is 10.8. The van der Waals surface area contributed by atoms with E-state index < -0.39 is 5.82 Å². The Morgan fingerprint density at radius 1 is 1.06 bits per heavy atom. The van der Waals surface area contributed by atoms with Crippen LogP contribution in [0.4, 0.5) is 4.39 Å². The van der Waals surface area contributed by atoms with E-state index in [1.807, 2.05) is 19.1 Å². The second-order valence-corrected chi connectivity index (χ2v) is 4.54. The summed E-state index contributed by atoms with van der Waals surface area (Å²) in [6.07, 6.45) is 0. The fourth-order valence-corrected chi connectivity index (χ4v) is 2.10. The third-order valence-corrected chi connectivity index (χ3v) is 3.39. The maximum atomic E-state index is 13.4. The first-order valence-electron chi connectivity index (χ1n) is 5.15. The van der Waals surface area contributed by atoms with Crippen LogP contribution in [0.3, 0.4) is 0 Å². The average molecular weight is 293 g/mol. The van der Waals surface area contributed by atoms with Crippen molar-refractivity contribution >= 4 is 21.7 Å². The van der Waals surface area contributed by atoms with Gasteiger partial charge in [-0.3, -0.25) is 4.79 Å². The molecule has 0 aliphatic rings. The Morgan fingerprint density at radius 2 is 1.71 bits per heavy atom. The SMILES string of the molecule is Cc1ccccc1C(=O)c1cccc(F)c1Br. The highest BCUT2D eigenvalue weighted by atomic mass is 79.9. The molecule has 0 aliphatic carbocycles. The van der Waals surface area contributed by atoms with Gasteiger partial charge in [-0.2, -0.15) is 0 Å². The number of aryl methyl sites for hydroxylation is 1. The molecule has 17 heavy (non-hydrogen) atoms. The molecule has 2 rings (SSSR count). The van der Waals surface area contributed by atoms with Gasteiger partial charge in [0.25, 0.3) is 0 Å². The van der Waals surface area contributed by atoms with Crippen LogP contribution in [-0.4, -0.2) is 5.78 Å². The zero-order chi connectivity index (χ0) is 12.4. The second-order valence-electron chi connectivity index (χ2n) is 3.75. The molecular weight excluding hydrogens is 283 g/mol. The van der Waals surface area contributed by atoms with Crippen molar-refractivity contribution in [1.29, 1.82) is 0 Å². The van der Waals surface area contributed by atoms with Gasteiger partial charge in [-0.15, -0.1) is 0 Å². The van der Waals surface area contributed by atoms with Gasteiger partial charge in [0.05, 0.1) is 4.47 Å². The normalized spacial score (nSPS) is 10.3. The van der Waals surface area contributed by atoms with E-state index in [-0.39, 0.29) is 10.3 Å². The maximum Gasteiger partial charge on any atom is 0.194 e. The third-order valence-electron chi connectivity index (χ3n) is 2.59. The molecule has 86 valence electrons. The van der Waals surface area contributed by atoms with Crippen LogP contribution in [0.5, 0.6) is 0 Å². The first-order chi connectivity index (χ1) is 8.11. The van der Waals surface area contributed by atoms with Gasteiger partial charge in [0.2, 0.25) is 0 Å². The van der Waals surface area contributed by atoms with E-state index in [2.05, 4.69) is 15.9 Å². The standard InChI is InChI=1S/C14H10BrFO/c1-9-5-2-3-6-10(9)14(17)11-7-4-8-12(16)13(11)15/h2-8H,1H3. The van der Waals surface area contributed by atoms with E-state index in [0.717, 1.165) is 5.56 Å². The van der Waals surface area contributed by atoms with Crippen LogP contribution in [0.2, 0.25) is 0 Å². The van der Waals surface area contributed by atoms with Crippen LogP contribution in [0.15, 0.2) is 46.9 Å². The van der Waals surface area contributed by atoms with E-state index in [0.29, 0.717) is 11.1 Å². The first kappa shape index (κ1) is 12.0. The molecule has 0 unspecified atom stereocenters. The molecule has 2 aromatic carbocycles. The van der Waals surface area contributed by atoms with Gasteiger partial charge in [0, 0.05) is 11.1 Å². The van der Waals surface area contributed by atoms with E-state index in [1.54, 1.807) is 18.2 Å². The number of carbonyl (C=O) groups excluding carboxylic acids is 1. The Labute approximate surface area is 107 Å². The van der Waals surface area contributed by atoms with E-state index >= 15 is 0 Å². The van der Waals surface area contributed by atoms with Gasteiger partial charge in [-0.05, 0) is 40.5 Å². The lowest BCUT2D eigenvalue weighted by Crippen LogP contribution is -2.05. The van der Waals surface area contributed by atoms with Crippen molar-refractivity contribution < 1.29 is 9.18 Å². The van der Waals surface area contributed by atoms with Crippen LogP contribution >= 0.6 is 15.9 Å². The number of rotatable bonds is 2. The van der Waals surface area contributed by atoms with Gasteiger partial charge in [-0.25, -0.2) is 4.39 Å². The van der Waals surface area contributed by atoms with E-state index in [1.165, 1.54) is 12.1 Å². The third kappa shape index (κ3) is 2.29. The molecule has 0 spiro atoms. The summed E-state index contributed by atoms with van der Waals surface area (Å²) in [5.74, 6) is -0.598. The number of hydrogen-bond donors (Lipinski definition) is 0. The van der Waals surface area contributed by atoms with Crippen LogP contribution in [0.1, 0.15) is 21.5 Å². The van der Waals surface area contributed by atoms with Crippen molar-refractivity contribution in [3.63, 3.8) is 0 Å². The molecule has 0 atom stereocenters. The maximum absolute atomic E-state index is 13.4. The number of ketones is 1. The van der Waals surface area contributed by atoms with Crippen molar-refractivity contribution in [1.82, 2.24) is 0 Å². The minimum absolute atomic E-state index is 0.172. The Kier molecular flexibility index (Phi) is 3.38.